The monoisotopic (exact) mass is 274 g/mol. The molecular formula is C16H19FN2O. The number of halogens is 1. The topological polar surface area (TPSA) is 34.1 Å². The van der Waals surface area contributed by atoms with Gasteiger partial charge < -0.3 is 10.1 Å². The van der Waals surface area contributed by atoms with E-state index in [9.17, 15) is 4.39 Å². The molecule has 0 spiro atoms. The Kier molecular flexibility index (Phi) is 4.69. The van der Waals surface area contributed by atoms with Crippen molar-refractivity contribution < 1.29 is 9.13 Å². The van der Waals surface area contributed by atoms with Crippen LogP contribution >= 0.6 is 0 Å². The molecule has 1 aromatic heterocycles. The Balaban J connectivity index is 2.13. The highest BCUT2D eigenvalue weighted by atomic mass is 19.1. The molecule has 1 unspecified atom stereocenters. The number of nitrogens with one attached hydrogen (secondary N) is 1. The summed E-state index contributed by atoms with van der Waals surface area (Å²) in [5, 5.41) is 3.32. The van der Waals surface area contributed by atoms with E-state index in [1.807, 2.05) is 26.1 Å². The molecule has 3 nitrogen and oxygen atoms in total. The van der Waals surface area contributed by atoms with E-state index in [2.05, 4.69) is 10.3 Å². The van der Waals surface area contributed by atoms with Crippen molar-refractivity contribution in [1.82, 2.24) is 10.3 Å². The van der Waals surface area contributed by atoms with Crippen LogP contribution < -0.4 is 10.1 Å². The maximum atomic E-state index is 14.0. The summed E-state index contributed by atoms with van der Waals surface area (Å²) in [6.07, 6.45) is 3.59. The summed E-state index contributed by atoms with van der Waals surface area (Å²) in [6.45, 7) is 4.60. The van der Waals surface area contributed by atoms with E-state index < -0.39 is 0 Å². The Morgan fingerprint density at radius 1 is 1.35 bits per heavy atom. The zero-order valence-corrected chi connectivity index (χ0v) is 12.0. The predicted molar refractivity (Wildman–Crippen MR) is 77.2 cm³/mol. The third kappa shape index (κ3) is 3.14. The number of hydrogen-bond donors (Lipinski definition) is 1. The lowest BCUT2D eigenvalue weighted by atomic mass is 10.1. The Labute approximate surface area is 118 Å². The third-order valence-electron chi connectivity index (χ3n) is 3.40. The van der Waals surface area contributed by atoms with E-state index in [-0.39, 0.29) is 11.9 Å². The van der Waals surface area contributed by atoms with Crippen molar-refractivity contribution in [1.29, 1.82) is 0 Å². The van der Waals surface area contributed by atoms with Crippen LogP contribution in [0.1, 0.15) is 29.7 Å². The Bertz CT molecular complexity index is 586. The minimum absolute atomic E-state index is 0.140. The van der Waals surface area contributed by atoms with Crippen molar-refractivity contribution in [2.75, 3.05) is 7.11 Å². The van der Waals surface area contributed by atoms with Crippen LogP contribution in [-0.4, -0.2) is 12.1 Å². The second-order valence-corrected chi connectivity index (χ2v) is 4.76. The van der Waals surface area contributed by atoms with Crippen LogP contribution in [-0.2, 0) is 6.54 Å². The molecule has 4 heteroatoms. The second kappa shape index (κ2) is 6.48. The van der Waals surface area contributed by atoms with E-state index in [0.717, 1.165) is 11.1 Å². The average Bonchev–Trinajstić information content (AvgIpc) is 2.45. The number of pyridine rings is 1. The smallest absolute Gasteiger partial charge is 0.131 e. The predicted octanol–water partition coefficient (Wildman–Crippen LogP) is 3.39. The number of ether oxygens (including phenoxy) is 1. The molecule has 2 rings (SSSR count). The Morgan fingerprint density at radius 2 is 2.15 bits per heavy atom. The summed E-state index contributed by atoms with van der Waals surface area (Å²) in [4.78, 5) is 4.06. The molecule has 0 amide bonds. The minimum atomic E-state index is -0.254. The fraction of sp³-hybridized carbons (Fsp3) is 0.312. The van der Waals surface area contributed by atoms with Gasteiger partial charge in [-0.1, -0.05) is 6.07 Å². The highest BCUT2D eigenvalue weighted by Gasteiger charge is 2.16. The number of methoxy groups -OCH3 is 1. The zero-order chi connectivity index (χ0) is 14.5. The van der Waals surface area contributed by atoms with Crippen molar-refractivity contribution in [2.24, 2.45) is 0 Å². The fourth-order valence-electron chi connectivity index (χ4n) is 2.18. The lowest BCUT2D eigenvalue weighted by molar-refractivity contribution is 0.393. The van der Waals surface area contributed by atoms with Crippen molar-refractivity contribution >= 4 is 0 Å². The highest BCUT2D eigenvalue weighted by molar-refractivity contribution is 5.37. The van der Waals surface area contributed by atoms with Crippen LogP contribution in [0, 0.1) is 12.7 Å². The normalized spacial score (nSPS) is 12.2. The lowest BCUT2D eigenvalue weighted by Crippen LogP contribution is -2.20. The molecule has 1 N–H and O–H groups in total. The zero-order valence-electron chi connectivity index (χ0n) is 12.0. The van der Waals surface area contributed by atoms with E-state index in [1.54, 1.807) is 25.4 Å². The number of rotatable bonds is 5. The summed E-state index contributed by atoms with van der Waals surface area (Å²) >= 11 is 0. The van der Waals surface area contributed by atoms with Gasteiger partial charge in [0.25, 0.3) is 0 Å². The van der Waals surface area contributed by atoms with Gasteiger partial charge in [0.15, 0.2) is 0 Å². The van der Waals surface area contributed by atoms with Crippen molar-refractivity contribution in [3.63, 3.8) is 0 Å². The van der Waals surface area contributed by atoms with Gasteiger partial charge in [-0.05, 0) is 43.2 Å². The molecule has 106 valence electrons. The molecule has 0 aliphatic carbocycles. The first-order valence-electron chi connectivity index (χ1n) is 6.58. The van der Waals surface area contributed by atoms with E-state index >= 15 is 0 Å². The number of aromatic nitrogens is 1. The van der Waals surface area contributed by atoms with Gasteiger partial charge in [-0.15, -0.1) is 0 Å². The summed E-state index contributed by atoms with van der Waals surface area (Å²) in [6, 6.07) is 6.70. The molecule has 0 bridgehead atoms. The van der Waals surface area contributed by atoms with Gasteiger partial charge in [0.1, 0.15) is 11.6 Å². The van der Waals surface area contributed by atoms with Crippen LogP contribution in [0.4, 0.5) is 4.39 Å². The van der Waals surface area contributed by atoms with Gasteiger partial charge in [0, 0.05) is 30.5 Å². The summed E-state index contributed by atoms with van der Waals surface area (Å²) in [5.74, 6) is 0.312. The van der Waals surface area contributed by atoms with Gasteiger partial charge >= 0.3 is 0 Å². The van der Waals surface area contributed by atoms with E-state index in [0.29, 0.717) is 17.9 Å². The molecule has 1 atom stereocenters. The van der Waals surface area contributed by atoms with Gasteiger partial charge in [0.2, 0.25) is 0 Å². The molecule has 0 radical (unpaired) electrons. The summed E-state index contributed by atoms with van der Waals surface area (Å²) < 4.78 is 19.2. The summed E-state index contributed by atoms with van der Waals surface area (Å²) in [7, 11) is 1.55. The SMILES string of the molecule is COc1cccc(F)c1C(C)NCc1ccncc1C. The molecule has 0 aliphatic rings. The van der Waals surface area contributed by atoms with Gasteiger partial charge in [-0.25, -0.2) is 4.39 Å². The molecule has 0 fully saturated rings. The van der Waals surface area contributed by atoms with Crippen molar-refractivity contribution in [2.45, 2.75) is 26.4 Å². The van der Waals surface area contributed by atoms with Crippen molar-refractivity contribution in [3.05, 3.63) is 59.2 Å². The van der Waals surface area contributed by atoms with Crippen LogP contribution in [0.15, 0.2) is 36.7 Å². The standard InChI is InChI=1S/C16H19FN2O/c1-11-9-18-8-7-13(11)10-19-12(2)16-14(17)5-4-6-15(16)20-3/h4-9,12,19H,10H2,1-3H3. The first-order chi connectivity index (χ1) is 9.63. The molecule has 1 aromatic carbocycles. The van der Waals surface area contributed by atoms with Gasteiger partial charge in [-0.3, -0.25) is 4.98 Å². The van der Waals surface area contributed by atoms with Gasteiger partial charge in [0.05, 0.1) is 7.11 Å². The Hall–Kier alpha value is -1.94. The number of benzene rings is 1. The molecule has 0 saturated carbocycles. The number of nitrogens with zero attached hydrogens (tertiary/aromatic N) is 1. The number of aryl methyl sites for hydroxylation is 1. The van der Waals surface area contributed by atoms with E-state index in [1.165, 1.54) is 6.07 Å². The first kappa shape index (κ1) is 14.5. The average molecular weight is 274 g/mol. The van der Waals surface area contributed by atoms with Crippen LogP contribution in [0.2, 0.25) is 0 Å². The van der Waals surface area contributed by atoms with Crippen molar-refractivity contribution in [3.8, 4) is 5.75 Å². The quantitative estimate of drug-likeness (QED) is 0.907. The molecule has 1 heterocycles. The molecular weight excluding hydrogens is 255 g/mol. The minimum Gasteiger partial charge on any atom is -0.496 e. The second-order valence-electron chi connectivity index (χ2n) is 4.76. The fourth-order valence-corrected chi connectivity index (χ4v) is 2.18. The van der Waals surface area contributed by atoms with Crippen LogP contribution in [0.5, 0.6) is 5.75 Å². The first-order valence-corrected chi connectivity index (χ1v) is 6.58. The van der Waals surface area contributed by atoms with Gasteiger partial charge in [-0.2, -0.15) is 0 Å². The molecule has 0 aliphatic heterocycles. The molecule has 20 heavy (non-hydrogen) atoms. The van der Waals surface area contributed by atoms with Crippen LogP contribution in [0.25, 0.3) is 0 Å². The van der Waals surface area contributed by atoms with Crippen LogP contribution in [0.3, 0.4) is 0 Å². The molecule has 0 saturated heterocycles. The lowest BCUT2D eigenvalue weighted by Gasteiger charge is -2.18. The third-order valence-corrected chi connectivity index (χ3v) is 3.40. The maximum Gasteiger partial charge on any atom is 0.131 e. The largest absolute Gasteiger partial charge is 0.496 e. The van der Waals surface area contributed by atoms with E-state index in [4.69, 9.17) is 4.74 Å². The highest BCUT2D eigenvalue weighted by Crippen LogP contribution is 2.27. The molecule has 2 aromatic rings. The summed E-state index contributed by atoms with van der Waals surface area (Å²) in [5.41, 5.74) is 2.83. The Morgan fingerprint density at radius 3 is 2.85 bits per heavy atom. The maximum absolute atomic E-state index is 14.0. The number of hydrogen-bond acceptors (Lipinski definition) is 3.